The molecule has 1 aliphatic rings. The lowest BCUT2D eigenvalue weighted by Crippen LogP contribution is -2.25. The van der Waals surface area contributed by atoms with Crippen molar-refractivity contribution in [3.05, 3.63) is 41.4 Å². The van der Waals surface area contributed by atoms with E-state index in [1.165, 1.54) is 0 Å². The molecule has 0 heterocycles. The average molecular weight is 275 g/mol. The molecule has 1 fully saturated rings. The largest absolute Gasteiger partial charge is 0.489 e. The van der Waals surface area contributed by atoms with Gasteiger partial charge in [0.05, 0.1) is 0 Å². The van der Waals surface area contributed by atoms with Crippen molar-refractivity contribution >= 4 is 28.2 Å². The van der Waals surface area contributed by atoms with Crippen LogP contribution in [0.1, 0.15) is 25.7 Å². The molecule has 1 unspecified atom stereocenters. The first-order valence-electron chi connectivity index (χ1n) is 6.59. The number of rotatable bonds is 2. The monoisotopic (exact) mass is 274 g/mol. The molecule has 98 valence electrons. The number of hydrogen-bond donors (Lipinski definition) is 0. The maximum absolute atomic E-state index is 11.5. The second-order valence-corrected chi connectivity index (χ2v) is 5.37. The summed E-state index contributed by atoms with van der Waals surface area (Å²) in [6, 6.07) is 11.7. The maximum Gasteiger partial charge on any atom is 0.136 e. The third-order valence-corrected chi connectivity index (χ3v) is 3.89. The summed E-state index contributed by atoms with van der Waals surface area (Å²) < 4.78 is 6.01. The van der Waals surface area contributed by atoms with E-state index in [1.54, 1.807) is 0 Å². The van der Waals surface area contributed by atoms with Crippen LogP contribution in [0.4, 0.5) is 0 Å². The standard InChI is InChI=1S/C16H15ClO2/c17-15-8-9-16(14-7-2-1-6-13(14)15)19-12-5-3-4-11(18)10-12/h1-2,6-9,12H,3-5,10H2. The Kier molecular flexibility index (Phi) is 3.43. The van der Waals surface area contributed by atoms with Gasteiger partial charge in [-0.15, -0.1) is 0 Å². The molecule has 3 rings (SSSR count). The molecule has 1 saturated carbocycles. The number of halogens is 1. The summed E-state index contributed by atoms with van der Waals surface area (Å²) in [7, 11) is 0. The van der Waals surface area contributed by atoms with Gasteiger partial charge in [0, 0.05) is 28.6 Å². The number of Topliss-reactive ketones (excluding diaryl/α,β-unsaturated/α-hetero) is 1. The van der Waals surface area contributed by atoms with Crippen LogP contribution >= 0.6 is 11.6 Å². The topological polar surface area (TPSA) is 26.3 Å². The highest BCUT2D eigenvalue weighted by Gasteiger charge is 2.21. The fraction of sp³-hybridized carbons (Fsp3) is 0.312. The Hall–Kier alpha value is -1.54. The molecule has 0 N–H and O–H groups in total. The molecule has 1 atom stereocenters. The third kappa shape index (κ3) is 2.59. The molecular formula is C16H15ClO2. The quantitative estimate of drug-likeness (QED) is 0.812. The van der Waals surface area contributed by atoms with E-state index in [4.69, 9.17) is 16.3 Å². The van der Waals surface area contributed by atoms with Crippen molar-refractivity contribution in [1.29, 1.82) is 0 Å². The molecule has 2 aromatic rings. The van der Waals surface area contributed by atoms with Crippen molar-refractivity contribution in [2.45, 2.75) is 31.8 Å². The molecule has 0 saturated heterocycles. The Balaban J connectivity index is 1.92. The van der Waals surface area contributed by atoms with Gasteiger partial charge in [-0.05, 0) is 25.0 Å². The van der Waals surface area contributed by atoms with Crippen molar-refractivity contribution < 1.29 is 9.53 Å². The highest BCUT2D eigenvalue weighted by molar-refractivity contribution is 6.35. The van der Waals surface area contributed by atoms with Gasteiger partial charge in [0.1, 0.15) is 17.6 Å². The summed E-state index contributed by atoms with van der Waals surface area (Å²) >= 11 is 6.19. The third-order valence-electron chi connectivity index (χ3n) is 3.56. The number of fused-ring (bicyclic) bond motifs is 1. The number of ketones is 1. The summed E-state index contributed by atoms with van der Waals surface area (Å²) in [5.74, 6) is 1.12. The van der Waals surface area contributed by atoms with Gasteiger partial charge in [-0.2, -0.15) is 0 Å². The van der Waals surface area contributed by atoms with Gasteiger partial charge < -0.3 is 4.74 Å². The zero-order valence-electron chi connectivity index (χ0n) is 10.6. The predicted octanol–water partition coefficient (Wildman–Crippen LogP) is 4.38. The van der Waals surface area contributed by atoms with Crippen molar-refractivity contribution in [1.82, 2.24) is 0 Å². The van der Waals surface area contributed by atoms with E-state index in [0.29, 0.717) is 18.6 Å². The molecule has 19 heavy (non-hydrogen) atoms. The smallest absolute Gasteiger partial charge is 0.136 e. The van der Waals surface area contributed by atoms with Gasteiger partial charge in [-0.25, -0.2) is 0 Å². The Labute approximate surface area is 117 Å². The van der Waals surface area contributed by atoms with Gasteiger partial charge in [-0.3, -0.25) is 4.79 Å². The van der Waals surface area contributed by atoms with Gasteiger partial charge in [0.25, 0.3) is 0 Å². The fourth-order valence-electron chi connectivity index (χ4n) is 2.60. The highest BCUT2D eigenvalue weighted by Crippen LogP contribution is 2.33. The van der Waals surface area contributed by atoms with Crippen LogP contribution < -0.4 is 4.74 Å². The normalized spacial score (nSPS) is 19.6. The Morgan fingerprint density at radius 1 is 1.11 bits per heavy atom. The van der Waals surface area contributed by atoms with Crippen LogP contribution in [-0.2, 0) is 4.79 Å². The van der Waals surface area contributed by atoms with Gasteiger partial charge in [-0.1, -0.05) is 35.9 Å². The van der Waals surface area contributed by atoms with Crippen molar-refractivity contribution in [2.75, 3.05) is 0 Å². The van der Waals surface area contributed by atoms with E-state index in [0.717, 1.165) is 34.4 Å². The van der Waals surface area contributed by atoms with Crippen LogP contribution in [0.3, 0.4) is 0 Å². The van der Waals surface area contributed by atoms with Gasteiger partial charge in [0.15, 0.2) is 0 Å². The van der Waals surface area contributed by atoms with Crippen LogP contribution in [0.5, 0.6) is 5.75 Å². The van der Waals surface area contributed by atoms with Gasteiger partial charge in [0.2, 0.25) is 0 Å². The minimum Gasteiger partial charge on any atom is -0.489 e. The van der Waals surface area contributed by atoms with E-state index in [2.05, 4.69) is 0 Å². The summed E-state index contributed by atoms with van der Waals surface area (Å²) in [6.45, 7) is 0. The summed E-state index contributed by atoms with van der Waals surface area (Å²) in [5.41, 5.74) is 0. The lowest BCUT2D eigenvalue weighted by Gasteiger charge is -2.23. The SMILES string of the molecule is O=C1CCCC(Oc2ccc(Cl)c3ccccc23)C1. The Morgan fingerprint density at radius 2 is 1.89 bits per heavy atom. The molecule has 0 bridgehead atoms. The lowest BCUT2D eigenvalue weighted by atomic mass is 9.96. The second kappa shape index (κ2) is 5.22. The highest BCUT2D eigenvalue weighted by atomic mass is 35.5. The molecule has 3 heteroatoms. The predicted molar refractivity (Wildman–Crippen MR) is 76.8 cm³/mol. The van der Waals surface area contributed by atoms with E-state index in [9.17, 15) is 4.79 Å². The van der Waals surface area contributed by atoms with Crippen LogP contribution in [0.15, 0.2) is 36.4 Å². The lowest BCUT2D eigenvalue weighted by molar-refractivity contribution is -0.122. The number of hydrogen-bond acceptors (Lipinski definition) is 2. The fourth-order valence-corrected chi connectivity index (χ4v) is 2.83. The summed E-state index contributed by atoms with van der Waals surface area (Å²) in [6.07, 6.45) is 3.10. The maximum atomic E-state index is 11.5. The second-order valence-electron chi connectivity index (χ2n) is 4.97. The molecule has 0 radical (unpaired) electrons. The minimum absolute atomic E-state index is 0.00540. The first-order valence-corrected chi connectivity index (χ1v) is 6.97. The summed E-state index contributed by atoms with van der Waals surface area (Å²) in [5, 5.41) is 2.72. The number of benzene rings is 2. The van der Waals surface area contributed by atoms with Crippen LogP contribution in [0.25, 0.3) is 10.8 Å². The minimum atomic E-state index is 0.00540. The van der Waals surface area contributed by atoms with Gasteiger partial charge >= 0.3 is 0 Å². The zero-order chi connectivity index (χ0) is 13.2. The van der Waals surface area contributed by atoms with E-state index < -0.39 is 0 Å². The van der Waals surface area contributed by atoms with Crippen LogP contribution in [-0.4, -0.2) is 11.9 Å². The molecule has 0 amide bonds. The molecule has 0 spiro atoms. The molecule has 0 aliphatic heterocycles. The molecule has 2 nitrogen and oxygen atoms in total. The first kappa shape index (κ1) is 12.5. The zero-order valence-corrected chi connectivity index (χ0v) is 11.3. The van der Waals surface area contributed by atoms with E-state index >= 15 is 0 Å². The summed E-state index contributed by atoms with van der Waals surface area (Å²) in [4.78, 5) is 11.5. The van der Waals surface area contributed by atoms with Crippen LogP contribution in [0.2, 0.25) is 5.02 Å². The molecule has 2 aromatic carbocycles. The van der Waals surface area contributed by atoms with Crippen molar-refractivity contribution in [2.24, 2.45) is 0 Å². The number of carbonyl (C=O) groups is 1. The number of ether oxygens (including phenoxy) is 1. The Morgan fingerprint density at radius 3 is 2.68 bits per heavy atom. The van der Waals surface area contributed by atoms with Crippen molar-refractivity contribution in [3.8, 4) is 5.75 Å². The first-order chi connectivity index (χ1) is 9.24. The molecular weight excluding hydrogens is 260 g/mol. The Bertz CT molecular complexity index is 621. The van der Waals surface area contributed by atoms with Crippen LogP contribution in [0, 0.1) is 0 Å². The average Bonchev–Trinajstić information content (AvgIpc) is 2.42. The van der Waals surface area contributed by atoms with E-state index in [1.807, 2.05) is 36.4 Å². The number of carbonyl (C=O) groups excluding carboxylic acids is 1. The molecule has 0 aromatic heterocycles. The molecule has 1 aliphatic carbocycles. The van der Waals surface area contributed by atoms with Crippen molar-refractivity contribution in [3.63, 3.8) is 0 Å². The van der Waals surface area contributed by atoms with E-state index in [-0.39, 0.29) is 6.10 Å².